The molecule has 2 heterocycles. The van der Waals surface area contributed by atoms with Crippen molar-refractivity contribution < 1.29 is 9.59 Å². The molecule has 204 valence electrons. The first-order chi connectivity index (χ1) is 19.5. The first kappa shape index (κ1) is 26.3. The van der Waals surface area contributed by atoms with Gasteiger partial charge < -0.3 is 16.0 Å². The molecule has 3 atom stereocenters. The Labute approximate surface area is 236 Å². The van der Waals surface area contributed by atoms with Crippen molar-refractivity contribution in [2.45, 2.75) is 49.0 Å². The van der Waals surface area contributed by atoms with Gasteiger partial charge in [-0.2, -0.15) is 0 Å². The number of rotatable bonds is 7. The van der Waals surface area contributed by atoms with E-state index in [2.05, 4.69) is 47.8 Å². The zero-order valence-corrected chi connectivity index (χ0v) is 22.9. The van der Waals surface area contributed by atoms with Crippen molar-refractivity contribution in [2.24, 2.45) is 5.73 Å². The lowest BCUT2D eigenvalue weighted by molar-refractivity contribution is -0.125. The van der Waals surface area contributed by atoms with Gasteiger partial charge in [0.05, 0.1) is 5.41 Å². The van der Waals surface area contributed by atoms with Crippen LogP contribution in [0.2, 0.25) is 0 Å². The van der Waals surface area contributed by atoms with E-state index in [1.807, 2.05) is 65.6 Å². The lowest BCUT2D eigenvalue weighted by Gasteiger charge is -2.41. The number of amides is 2. The topological polar surface area (TPSA) is 75.4 Å². The summed E-state index contributed by atoms with van der Waals surface area (Å²) in [6, 6.07) is 35.0. The lowest BCUT2D eigenvalue weighted by atomic mass is 9.68. The van der Waals surface area contributed by atoms with Gasteiger partial charge in [0.2, 0.25) is 5.91 Å². The third kappa shape index (κ3) is 4.90. The number of nitrogens with two attached hydrogens (primary N) is 1. The van der Waals surface area contributed by atoms with Crippen molar-refractivity contribution in [3.8, 4) is 0 Å². The number of hydrogen-bond acceptors (Lipinski definition) is 3. The molecule has 0 spiro atoms. The Bertz CT molecular complexity index is 1510. The van der Waals surface area contributed by atoms with Crippen LogP contribution in [0.1, 0.15) is 53.6 Å². The molecule has 40 heavy (non-hydrogen) atoms. The van der Waals surface area contributed by atoms with E-state index in [1.54, 1.807) is 0 Å². The van der Waals surface area contributed by atoms with Gasteiger partial charge in [-0.05, 0) is 72.7 Å². The lowest BCUT2D eigenvalue weighted by Crippen LogP contribution is -2.53. The van der Waals surface area contributed by atoms with Gasteiger partial charge in [0, 0.05) is 30.1 Å². The number of likely N-dealkylation sites (tertiary alicyclic amines) is 1. The molecular formula is C35H37N3O2. The number of fused-ring (bicyclic) bond motifs is 1. The second-order valence-corrected chi connectivity index (χ2v) is 11.6. The van der Waals surface area contributed by atoms with Gasteiger partial charge in [-0.3, -0.25) is 9.59 Å². The second-order valence-electron chi connectivity index (χ2n) is 11.6. The smallest absolute Gasteiger partial charge is 0.253 e. The fourth-order valence-electron chi connectivity index (χ4n) is 7.04. The summed E-state index contributed by atoms with van der Waals surface area (Å²) >= 11 is 0. The summed E-state index contributed by atoms with van der Waals surface area (Å²) in [5, 5.41) is 6.14. The number of carbonyl (C=O) groups excluding carboxylic acids is 2. The van der Waals surface area contributed by atoms with Crippen LogP contribution in [-0.4, -0.2) is 42.4 Å². The molecule has 6 rings (SSSR count). The molecule has 0 aliphatic carbocycles. The van der Waals surface area contributed by atoms with E-state index in [4.69, 9.17) is 5.73 Å². The van der Waals surface area contributed by atoms with Crippen LogP contribution in [0.15, 0.2) is 103 Å². The van der Waals surface area contributed by atoms with Gasteiger partial charge in [0.25, 0.3) is 5.91 Å². The predicted octanol–water partition coefficient (Wildman–Crippen LogP) is 5.58. The Morgan fingerprint density at radius 3 is 2.27 bits per heavy atom. The van der Waals surface area contributed by atoms with Crippen molar-refractivity contribution in [2.75, 3.05) is 19.6 Å². The van der Waals surface area contributed by atoms with Gasteiger partial charge in [0.15, 0.2) is 0 Å². The first-order valence-electron chi connectivity index (χ1n) is 14.4. The SMILES string of the molecule is NC(=O)C1(c2ccccc2)CCNC(CCC2(c3ccc4ccccc4c3)CCN(C(=O)c3ccccc3)C2)C1. The Hall–Kier alpha value is -3.96. The van der Waals surface area contributed by atoms with Gasteiger partial charge in [-0.25, -0.2) is 0 Å². The highest BCUT2D eigenvalue weighted by molar-refractivity contribution is 5.94. The van der Waals surface area contributed by atoms with Crippen LogP contribution in [0.25, 0.3) is 10.8 Å². The zero-order chi connectivity index (χ0) is 27.6. The molecule has 2 fully saturated rings. The molecule has 3 unspecified atom stereocenters. The average Bonchev–Trinajstić information content (AvgIpc) is 3.46. The van der Waals surface area contributed by atoms with Crippen LogP contribution < -0.4 is 11.1 Å². The predicted molar refractivity (Wildman–Crippen MR) is 160 cm³/mol. The Kier molecular flexibility index (Phi) is 7.16. The molecule has 2 aliphatic rings. The van der Waals surface area contributed by atoms with E-state index >= 15 is 0 Å². The highest BCUT2D eigenvalue weighted by Gasteiger charge is 2.45. The largest absolute Gasteiger partial charge is 0.369 e. The van der Waals surface area contributed by atoms with Gasteiger partial charge >= 0.3 is 0 Å². The molecule has 0 bridgehead atoms. The first-order valence-corrected chi connectivity index (χ1v) is 14.4. The molecular weight excluding hydrogens is 494 g/mol. The number of primary amides is 1. The summed E-state index contributed by atoms with van der Waals surface area (Å²) < 4.78 is 0. The van der Waals surface area contributed by atoms with Crippen molar-refractivity contribution in [3.63, 3.8) is 0 Å². The molecule has 3 N–H and O–H groups in total. The summed E-state index contributed by atoms with van der Waals surface area (Å²) in [5.74, 6) is -0.147. The fourth-order valence-corrected chi connectivity index (χ4v) is 7.04. The zero-order valence-electron chi connectivity index (χ0n) is 22.9. The molecule has 0 aromatic heterocycles. The van der Waals surface area contributed by atoms with Gasteiger partial charge in [-0.15, -0.1) is 0 Å². The average molecular weight is 532 g/mol. The molecule has 4 aromatic rings. The van der Waals surface area contributed by atoms with Gasteiger partial charge in [-0.1, -0.05) is 91.0 Å². The van der Waals surface area contributed by atoms with E-state index in [9.17, 15) is 9.59 Å². The van der Waals surface area contributed by atoms with Crippen LogP contribution in [0.5, 0.6) is 0 Å². The molecule has 0 radical (unpaired) electrons. The van der Waals surface area contributed by atoms with E-state index in [0.717, 1.165) is 43.5 Å². The summed E-state index contributed by atoms with van der Waals surface area (Å²) in [6.07, 6.45) is 4.13. The maximum Gasteiger partial charge on any atom is 0.253 e. The summed E-state index contributed by atoms with van der Waals surface area (Å²) in [7, 11) is 0. The number of piperidine rings is 1. The molecule has 4 aromatic carbocycles. The number of carbonyl (C=O) groups is 2. The molecule has 2 aliphatic heterocycles. The normalized spacial score (nSPS) is 24.7. The standard InChI is InChI=1S/C35H37N3O2/c36-33(40)35(29-13-5-2-6-14-29)19-21-37-31(24-35)17-18-34(30-16-15-26-9-7-8-12-28(26)23-30)20-22-38(25-34)32(39)27-10-3-1-4-11-27/h1-16,23,31,37H,17-22,24-25H2,(H2,36,40). The Morgan fingerprint density at radius 1 is 0.825 bits per heavy atom. The maximum atomic E-state index is 13.5. The maximum absolute atomic E-state index is 13.5. The minimum atomic E-state index is -0.654. The second kappa shape index (κ2) is 10.9. The molecule has 0 saturated carbocycles. The minimum absolute atomic E-state index is 0.0934. The van der Waals surface area contributed by atoms with Gasteiger partial charge in [0.1, 0.15) is 0 Å². The van der Waals surface area contributed by atoms with Crippen LogP contribution in [-0.2, 0) is 15.6 Å². The molecule has 2 saturated heterocycles. The third-order valence-corrected chi connectivity index (χ3v) is 9.37. The summed E-state index contributed by atoms with van der Waals surface area (Å²) in [6.45, 7) is 2.17. The minimum Gasteiger partial charge on any atom is -0.369 e. The summed E-state index contributed by atoms with van der Waals surface area (Å²) in [4.78, 5) is 28.4. The van der Waals surface area contributed by atoms with Crippen LogP contribution in [0, 0.1) is 0 Å². The van der Waals surface area contributed by atoms with E-state index in [-0.39, 0.29) is 23.3 Å². The van der Waals surface area contributed by atoms with E-state index in [1.165, 1.54) is 16.3 Å². The highest BCUT2D eigenvalue weighted by Crippen LogP contribution is 2.43. The van der Waals surface area contributed by atoms with E-state index in [0.29, 0.717) is 19.4 Å². The monoisotopic (exact) mass is 531 g/mol. The molecule has 5 nitrogen and oxygen atoms in total. The molecule has 2 amide bonds. The summed E-state index contributed by atoms with van der Waals surface area (Å²) in [5.41, 5.74) is 8.30. The number of nitrogens with one attached hydrogen (secondary N) is 1. The van der Waals surface area contributed by atoms with Crippen molar-refractivity contribution in [1.29, 1.82) is 0 Å². The van der Waals surface area contributed by atoms with Crippen LogP contribution >= 0.6 is 0 Å². The van der Waals surface area contributed by atoms with Crippen molar-refractivity contribution in [1.82, 2.24) is 10.2 Å². The molecule has 5 heteroatoms. The number of nitrogens with zero attached hydrogens (tertiary/aromatic N) is 1. The number of hydrogen-bond donors (Lipinski definition) is 2. The quantitative estimate of drug-likeness (QED) is 0.327. The Morgan fingerprint density at radius 2 is 1.52 bits per heavy atom. The van der Waals surface area contributed by atoms with Crippen molar-refractivity contribution >= 4 is 22.6 Å². The highest BCUT2D eigenvalue weighted by atomic mass is 16.2. The van der Waals surface area contributed by atoms with Crippen molar-refractivity contribution in [3.05, 3.63) is 120 Å². The Balaban J connectivity index is 1.28. The number of benzene rings is 4. The fraction of sp³-hybridized carbons (Fsp3) is 0.314. The van der Waals surface area contributed by atoms with E-state index < -0.39 is 5.41 Å². The van der Waals surface area contributed by atoms with Crippen LogP contribution in [0.4, 0.5) is 0 Å². The third-order valence-electron chi connectivity index (χ3n) is 9.37. The van der Waals surface area contributed by atoms with Crippen LogP contribution in [0.3, 0.4) is 0 Å².